The Morgan fingerprint density at radius 2 is 1.06 bits per heavy atom. The van der Waals surface area contributed by atoms with E-state index in [0.29, 0.717) is 12.8 Å². The van der Waals surface area contributed by atoms with Crippen LogP contribution in [0.3, 0.4) is 0 Å². The summed E-state index contributed by atoms with van der Waals surface area (Å²) in [5.41, 5.74) is 5.33. The maximum atomic E-state index is 12.5. The van der Waals surface area contributed by atoms with Gasteiger partial charge >= 0.3 is 19.8 Å². The first kappa shape index (κ1) is 51.4. The standard InChI is InChI=1S/C43H74NO9P/c1-2-3-4-5-6-7-8-9-13-17-20-23-26-29-32-35-43(47)53-41(40-52-54(48,49)51-38-36-44)39-50-42(46)34-31-28-25-22-19-16-14-11-10-12-15-18-21-24-27-30-33-37-45/h6-7,9-10,12-14,16,18,21-22,25,41,45H,2-5,8,11,15,17,19-20,23-24,26-40,44H2,1H3,(H,48,49)/b7-6-,12-10-,13-9-,16-14-,21-18-,25-22-/t41-/m1/s1. The number of hydrogen-bond donors (Lipinski definition) is 3. The maximum Gasteiger partial charge on any atom is 0.472 e. The Hall–Kier alpha value is -2.59. The molecule has 0 aromatic carbocycles. The zero-order valence-electron chi connectivity index (χ0n) is 33.4. The second-order valence-corrected chi connectivity index (χ2v) is 14.7. The number of aliphatic hydroxyl groups is 1. The predicted molar refractivity (Wildman–Crippen MR) is 221 cm³/mol. The number of unbranched alkanes of at least 4 members (excludes halogenated alkanes) is 12. The third kappa shape index (κ3) is 39.1. The molecule has 0 aromatic heterocycles. The van der Waals surface area contributed by atoms with Gasteiger partial charge in [0.1, 0.15) is 6.61 Å². The van der Waals surface area contributed by atoms with Crippen molar-refractivity contribution in [2.45, 2.75) is 154 Å². The SMILES string of the molecule is CCCCC/C=C\C/C=C\CCCCCCCC(=O)O[C@H](COC(=O)CCC/C=C\C/C=C\C/C=C\C/C=C\CCCCCO)COP(=O)(O)OCCN. The molecule has 0 saturated heterocycles. The molecule has 0 amide bonds. The van der Waals surface area contributed by atoms with Gasteiger partial charge in [0.25, 0.3) is 0 Å². The van der Waals surface area contributed by atoms with Crippen molar-refractivity contribution in [1.29, 1.82) is 0 Å². The lowest BCUT2D eigenvalue weighted by Gasteiger charge is -2.19. The molecular weight excluding hydrogens is 705 g/mol. The van der Waals surface area contributed by atoms with Crippen LogP contribution in [0.1, 0.15) is 148 Å². The largest absolute Gasteiger partial charge is 0.472 e. The first-order valence-electron chi connectivity index (χ1n) is 20.5. The van der Waals surface area contributed by atoms with Crippen molar-refractivity contribution in [3.05, 3.63) is 72.9 Å². The molecule has 0 spiro atoms. The number of nitrogens with two attached hydrogens (primary N) is 1. The summed E-state index contributed by atoms with van der Waals surface area (Å²) < 4.78 is 32.6. The van der Waals surface area contributed by atoms with Crippen LogP contribution < -0.4 is 5.73 Å². The summed E-state index contributed by atoms with van der Waals surface area (Å²) in [7, 11) is -4.40. The van der Waals surface area contributed by atoms with E-state index in [4.69, 9.17) is 29.4 Å². The smallest absolute Gasteiger partial charge is 0.462 e. The van der Waals surface area contributed by atoms with E-state index in [1.165, 1.54) is 19.3 Å². The number of carbonyl (C=O) groups is 2. The third-order valence-corrected chi connectivity index (χ3v) is 9.10. The zero-order chi connectivity index (χ0) is 39.6. The van der Waals surface area contributed by atoms with Crippen LogP contribution in [0.5, 0.6) is 0 Å². The number of rotatable bonds is 38. The minimum absolute atomic E-state index is 0.0358. The van der Waals surface area contributed by atoms with Crippen molar-refractivity contribution in [2.75, 3.05) is 33.0 Å². The zero-order valence-corrected chi connectivity index (χ0v) is 34.3. The Morgan fingerprint density at radius 3 is 1.59 bits per heavy atom. The van der Waals surface area contributed by atoms with E-state index in [0.717, 1.165) is 96.3 Å². The second-order valence-electron chi connectivity index (χ2n) is 13.2. The van der Waals surface area contributed by atoms with Gasteiger partial charge in [0, 0.05) is 26.0 Å². The Kier molecular flexibility index (Phi) is 38.2. The number of aliphatic hydroxyl groups excluding tert-OH is 1. The Labute approximate surface area is 327 Å². The van der Waals surface area contributed by atoms with Crippen LogP contribution in [0.2, 0.25) is 0 Å². The van der Waals surface area contributed by atoms with Crippen molar-refractivity contribution < 1.29 is 42.7 Å². The molecule has 0 heterocycles. The molecule has 0 aliphatic rings. The van der Waals surface area contributed by atoms with Crippen LogP contribution >= 0.6 is 7.82 Å². The summed E-state index contributed by atoms with van der Waals surface area (Å²) in [4.78, 5) is 34.8. The molecule has 0 saturated carbocycles. The minimum Gasteiger partial charge on any atom is -0.462 e. The van der Waals surface area contributed by atoms with Crippen LogP contribution in [0, 0.1) is 0 Å². The third-order valence-electron chi connectivity index (χ3n) is 8.12. The number of phosphoric acid groups is 1. The van der Waals surface area contributed by atoms with Crippen molar-refractivity contribution in [1.82, 2.24) is 0 Å². The molecule has 0 aliphatic heterocycles. The first-order valence-corrected chi connectivity index (χ1v) is 22.0. The molecule has 0 rings (SSSR count). The molecule has 10 nitrogen and oxygen atoms in total. The molecule has 0 fully saturated rings. The lowest BCUT2D eigenvalue weighted by molar-refractivity contribution is -0.161. The van der Waals surface area contributed by atoms with Crippen molar-refractivity contribution >= 4 is 19.8 Å². The van der Waals surface area contributed by atoms with E-state index < -0.39 is 32.5 Å². The average Bonchev–Trinajstić information content (AvgIpc) is 3.16. The number of hydrogen-bond acceptors (Lipinski definition) is 9. The summed E-state index contributed by atoms with van der Waals surface area (Å²) in [5.74, 6) is -0.932. The lowest BCUT2D eigenvalue weighted by atomic mass is 10.1. The number of carbonyl (C=O) groups excluding carboxylic acids is 2. The Bertz CT molecular complexity index is 1120. The van der Waals surface area contributed by atoms with Gasteiger partial charge in [0.15, 0.2) is 6.10 Å². The van der Waals surface area contributed by atoms with Crippen molar-refractivity contribution in [3.63, 3.8) is 0 Å². The molecule has 4 N–H and O–H groups in total. The van der Waals surface area contributed by atoms with Crippen molar-refractivity contribution in [3.8, 4) is 0 Å². The fraction of sp³-hybridized carbons (Fsp3) is 0.674. The highest BCUT2D eigenvalue weighted by Crippen LogP contribution is 2.43. The molecule has 0 bridgehead atoms. The average molecular weight is 780 g/mol. The van der Waals surface area contributed by atoms with Crippen molar-refractivity contribution in [2.24, 2.45) is 5.73 Å². The summed E-state index contributed by atoms with van der Waals surface area (Å²) >= 11 is 0. The number of ether oxygens (including phenoxy) is 2. The quantitative estimate of drug-likeness (QED) is 0.0239. The lowest BCUT2D eigenvalue weighted by Crippen LogP contribution is -2.29. The molecule has 0 aliphatic carbocycles. The highest BCUT2D eigenvalue weighted by Gasteiger charge is 2.25. The number of allylic oxidation sites excluding steroid dienone is 12. The van der Waals surface area contributed by atoms with E-state index in [-0.39, 0.29) is 39.2 Å². The van der Waals surface area contributed by atoms with E-state index in [9.17, 15) is 19.0 Å². The summed E-state index contributed by atoms with van der Waals surface area (Å²) in [6.45, 7) is 1.60. The molecule has 2 atom stereocenters. The Morgan fingerprint density at radius 1 is 0.593 bits per heavy atom. The Balaban J connectivity index is 4.31. The number of phosphoric ester groups is 1. The van der Waals surface area contributed by atoms with Gasteiger partial charge in [0.05, 0.1) is 13.2 Å². The number of esters is 2. The van der Waals surface area contributed by atoms with Crippen LogP contribution in [-0.2, 0) is 32.7 Å². The fourth-order valence-corrected chi connectivity index (χ4v) is 5.81. The predicted octanol–water partition coefficient (Wildman–Crippen LogP) is 10.5. The normalized spacial score (nSPS) is 14.1. The van der Waals surface area contributed by atoms with Crippen LogP contribution in [0.25, 0.3) is 0 Å². The minimum atomic E-state index is -4.40. The van der Waals surface area contributed by atoms with Gasteiger partial charge in [0.2, 0.25) is 0 Å². The molecule has 0 radical (unpaired) electrons. The second kappa shape index (κ2) is 40.1. The van der Waals surface area contributed by atoms with E-state index >= 15 is 0 Å². The molecule has 11 heteroatoms. The van der Waals surface area contributed by atoms with Gasteiger partial charge in [-0.05, 0) is 89.9 Å². The van der Waals surface area contributed by atoms with Gasteiger partial charge in [-0.1, -0.05) is 118 Å². The van der Waals surface area contributed by atoms with E-state index in [2.05, 4.69) is 73.8 Å². The maximum absolute atomic E-state index is 12.5. The molecule has 1 unspecified atom stereocenters. The van der Waals surface area contributed by atoms with Crippen LogP contribution in [0.15, 0.2) is 72.9 Å². The first-order chi connectivity index (χ1) is 26.3. The van der Waals surface area contributed by atoms with Gasteiger partial charge in [-0.15, -0.1) is 0 Å². The summed E-state index contributed by atoms with van der Waals surface area (Å²) in [6, 6.07) is 0. The summed E-state index contributed by atoms with van der Waals surface area (Å²) in [6.07, 6.45) is 45.2. The van der Waals surface area contributed by atoms with Gasteiger partial charge < -0.3 is 25.2 Å². The summed E-state index contributed by atoms with van der Waals surface area (Å²) in [5, 5.41) is 8.78. The van der Waals surface area contributed by atoms with Crippen LogP contribution in [0.4, 0.5) is 0 Å². The van der Waals surface area contributed by atoms with E-state index in [1.807, 2.05) is 6.08 Å². The van der Waals surface area contributed by atoms with Gasteiger partial charge in [-0.25, -0.2) is 4.57 Å². The van der Waals surface area contributed by atoms with Crippen LogP contribution in [-0.4, -0.2) is 61.0 Å². The highest BCUT2D eigenvalue weighted by molar-refractivity contribution is 7.47. The molecule has 54 heavy (non-hydrogen) atoms. The molecular formula is C43H74NO9P. The highest BCUT2D eigenvalue weighted by atomic mass is 31.2. The van der Waals surface area contributed by atoms with Gasteiger partial charge in [-0.2, -0.15) is 0 Å². The molecule has 0 aromatic rings. The monoisotopic (exact) mass is 780 g/mol. The topological polar surface area (TPSA) is 155 Å². The van der Waals surface area contributed by atoms with E-state index in [1.54, 1.807) is 0 Å². The molecule has 310 valence electrons. The van der Waals surface area contributed by atoms with Gasteiger partial charge in [-0.3, -0.25) is 18.6 Å². The fourth-order valence-electron chi connectivity index (χ4n) is 5.05.